The summed E-state index contributed by atoms with van der Waals surface area (Å²) in [6.45, 7) is 0.524. The summed E-state index contributed by atoms with van der Waals surface area (Å²) >= 11 is 0. The largest absolute Gasteiger partial charge is 0.497 e. The molecule has 6 nitrogen and oxygen atoms in total. The van der Waals surface area contributed by atoms with Crippen molar-refractivity contribution in [3.8, 4) is 11.8 Å². The van der Waals surface area contributed by atoms with Crippen LogP contribution in [0.4, 0.5) is 5.69 Å². The van der Waals surface area contributed by atoms with Crippen molar-refractivity contribution in [2.24, 2.45) is 0 Å². The second-order valence-electron chi connectivity index (χ2n) is 6.07. The number of nitrogens with zero attached hydrogens (tertiary/aromatic N) is 2. The van der Waals surface area contributed by atoms with Crippen LogP contribution in [0.3, 0.4) is 0 Å². The van der Waals surface area contributed by atoms with Gasteiger partial charge in [0.25, 0.3) is 5.91 Å². The molecule has 1 fully saturated rings. The normalized spacial score (nSPS) is 16.0. The van der Waals surface area contributed by atoms with E-state index in [-0.39, 0.29) is 11.8 Å². The van der Waals surface area contributed by atoms with Crippen molar-refractivity contribution in [2.75, 3.05) is 19.0 Å². The van der Waals surface area contributed by atoms with Crippen LogP contribution in [0.15, 0.2) is 48.5 Å². The van der Waals surface area contributed by atoms with E-state index in [0.717, 1.165) is 6.42 Å². The molecule has 0 spiro atoms. The number of nitriles is 1. The highest BCUT2D eigenvalue weighted by atomic mass is 16.5. The molecular formula is C20H19N3O3. The zero-order chi connectivity index (χ0) is 18.5. The third kappa shape index (κ3) is 3.67. The first-order chi connectivity index (χ1) is 12.6. The van der Waals surface area contributed by atoms with E-state index in [9.17, 15) is 9.59 Å². The Bertz CT molecular complexity index is 855. The fourth-order valence-corrected chi connectivity index (χ4v) is 3.07. The van der Waals surface area contributed by atoms with Gasteiger partial charge < -0.3 is 15.0 Å². The Balaban J connectivity index is 1.73. The van der Waals surface area contributed by atoms with Crippen molar-refractivity contribution in [3.63, 3.8) is 0 Å². The molecule has 3 rings (SSSR count). The Labute approximate surface area is 152 Å². The van der Waals surface area contributed by atoms with E-state index >= 15 is 0 Å². The smallest absolute Gasteiger partial charge is 0.254 e. The summed E-state index contributed by atoms with van der Waals surface area (Å²) < 4.78 is 5.10. The maximum Gasteiger partial charge on any atom is 0.254 e. The van der Waals surface area contributed by atoms with Crippen LogP contribution in [0.2, 0.25) is 0 Å². The van der Waals surface area contributed by atoms with Crippen LogP contribution in [-0.4, -0.2) is 36.4 Å². The molecule has 2 aromatic carbocycles. The number of amides is 2. The third-order valence-corrected chi connectivity index (χ3v) is 4.41. The van der Waals surface area contributed by atoms with Gasteiger partial charge in [-0.05, 0) is 55.3 Å². The number of benzene rings is 2. The molecule has 2 amide bonds. The maximum absolute atomic E-state index is 12.8. The number of hydrogen-bond donors (Lipinski definition) is 1. The van der Waals surface area contributed by atoms with Crippen molar-refractivity contribution in [1.29, 1.82) is 5.26 Å². The number of nitrogens with one attached hydrogen (secondary N) is 1. The molecule has 0 saturated carbocycles. The van der Waals surface area contributed by atoms with Crippen LogP contribution in [0.5, 0.6) is 5.75 Å². The number of ether oxygens (including phenoxy) is 1. The lowest BCUT2D eigenvalue weighted by atomic mass is 10.1. The summed E-state index contributed by atoms with van der Waals surface area (Å²) in [5.74, 6) is 0.268. The quantitative estimate of drug-likeness (QED) is 0.920. The van der Waals surface area contributed by atoms with Crippen molar-refractivity contribution in [2.45, 2.75) is 18.9 Å². The standard InChI is InChI=1S/C20H19N3O3/c1-26-17-9-7-16(8-10-17)22-19(24)18-6-3-11-23(18)20(25)15-5-2-4-14(12-15)13-21/h2,4-5,7-10,12,18H,3,6,11H2,1H3,(H,22,24). The molecule has 1 N–H and O–H groups in total. The zero-order valence-electron chi connectivity index (χ0n) is 14.4. The highest BCUT2D eigenvalue weighted by Crippen LogP contribution is 2.23. The number of likely N-dealkylation sites (tertiary alicyclic amines) is 1. The van der Waals surface area contributed by atoms with Gasteiger partial charge in [-0.2, -0.15) is 5.26 Å². The molecule has 0 radical (unpaired) electrons. The summed E-state index contributed by atoms with van der Waals surface area (Å²) in [5.41, 5.74) is 1.50. The molecule has 26 heavy (non-hydrogen) atoms. The molecule has 1 saturated heterocycles. The molecule has 1 unspecified atom stereocenters. The van der Waals surface area contributed by atoms with Gasteiger partial charge in [0.2, 0.25) is 5.91 Å². The highest BCUT2D eigenvalue weighted by molar-refractivity contribution is 6.01. The second-order valence-corrected chi connectivity index (χ2v) is 6.07. The third-order valence-electron chi connectivity index (χ3n) is 4.41. The first-order valence-corrected chi connectivity index (χ1v) is 8.38. The number of methoxy groups -OCH3 is 1. The molecule has 1 aliphatic rings. The molecule has 2 aromatic rings. The van der Waals surface area contributed by atoms with Gasteiger partial charge in [0.1, 0.15) is 11.8 Å². The van der Waals surface area contributed by atoms with Crippen molar-refractivity contribution < 1.29 is 14.3 Å². The van der Waals surface area contributed by atoms with E-state index < -0.39 is 6.04 Å². The Morgan fingerprint density at radius 1 is 1.23 bits per heavy atom. The summed E-state index contributed by atoms with van der Waals surface area (Å²) in [6.07, 6.45) is 1.38. The molecule has 0 aliphatic carbocycles. The van der Waals surface area contributed by atoms with Crippen LogP contribution < -0.4 is 10.1 Å². The van der Waals surface area contributed by atoms with E-state index in [0.29, 0.717) is 35.5 Å². The lowest BCUT2D eigenvalue weighted by Gasteiger charge is -2.24. The second kappa shape index (κ2) is 7.70. The van der Waals surface area contributed by atoms with E-state index in [1.165, 1.54) is 0 Å². The Kier molecular flexibility index (Phi) is 5.18. The summed E-state index contributed by atoms with van der Waals surface area (Å²) in [7, 11) is 1.58. The van der Waals surface area contributed by atoms with Gasteiger partial charge in [0, 0.05) is 17.8 Å². The van der Waals surface area contributed by atoms with Gasteiger partial charge in [0.05, 0.1) is 18.7 Å². The molecule has 1 heterocycles. The Hall–Kier alpha value is -3.33. The SMILES string of the molecule is COc1ccc(NC(=O)C2CCCN2C(=O)c2cccc(C#N)c2)cc1. The lowest BCUT2D eigenvalue weighted by molar-refractivity contribution is -0.119. The average molecular weight is 349 g/mol. The van der Waals surface area contributed by atoms with Crippen LogP contribution in [0, 0.1) is 11.3 Å². The molecule has 1 aliphatic heterocycles. The number of anilines is 1. The minimum atomic E-state index is -0.518. The molecular weight excluding hydrogens is 330 g/mol. The lowest BCUT2D eigenvalue weighted by Crippen LogP contribution is -2.43. The number of rotatable bonds is 4. The fourth-order valence-electron chi connectivity index (χ4n) is 3.07. The van der Waals surface area contributed by atoms with Gasteiger partial charge in [-0.15, -0.1) is 0 Å². The van der Waals surface area contributed by atoms with Crippen molar-refractivity contribution in [3.05, 3.63) is 59.7 Å². The van der Waals surface area contributed by atoms with Crippen LogP contribution in [-0.2, 0) is 4.79 Å². The molecule has 0 aromatic heterocycles. The van der Waals surface area contributed by atoms with E-state index in [1.807, 2.05) is 6.07 Å². The minimum Gasteiger partial charge on any atom is -0.497 e. The monoisotopic (exact) mass is 349 g/mol. The maximum atomic E-state index is 12.8. The first-order valence-electron chi connectivity index (χ1n) is 8.38. The fraction of sp³-hybridized carbons (Fsp3) is 0.250. The molecule has 6 heteroatoms. The van der Waals surface area contributed by atoms with Gasteiger partial charge in [-0.1, -0.05) is 6.07 Å². The zero-order valence-corrected chi connectivity index (χ0v) is 14.4. The predicted molar refractivity (Wildman–Crippen MR) is 96.8 cm³/mol. The topological polar surface area (TPSA) is 82.4 Å². The van der Waals surface area contributed by atoms with Crippen molar-refractivity contribution in [1.82, 2.24) is 4.90 Å². The Morgan fingerprint density at radius 2 is 2.00 bits per heavy atom. The average Bonchev–Trinajstić information content (AvgIpc) is 3.18. The van der Waals surface area contributed by atoms with Crippen LogP contribution >= 0.6 is 0 Å². The summed E-state index contributed by atoms with van der Waals surface area (Å²) in [4.78, 5) is 27.0. The van der Waals surface area contributed by atoms with Gasteiger partial charge in [-0.25, -0.2) is 0 Å². The molecule has 1 atom stereocenters. The highest BCUT2D eigenvalue weighted by Gasteiger charge is 2.34. The number of hydrogen-bond acceptors (Lipinski definition) is 4. The van der Waals surface area contributed by atoms with Crippen LogP contribution in [0.1, 0.15) is 28.8 Å². The molecule has 0 bridgehead atoms. The summed E-state index contributed by atoms with van der Waals surface area (Å²) in [6, 6.07) is 15.1. The van der Waals surface area contributed by atoms with Gasteiger partial charge in [0.15, 0.2) is 0 Å². The number of carbonyl (C=O) groups excluding carboxylic acids is 2. The molecule has 132 valence electrons. The van der Waals surface area contributed by atoms with E-state index in [1.54, 1.807) is 60.5 Å². The Morgan fingerprint density at radius 3 is 2.69 bits per heavy atom. The van der Waals surface area contributed by atoms with Crippen molar-refractivity contribution >= 4 is 17.5 Å². The van der Waals surface area contributed by atoms with Gasteiger partial charge in [-0.3, -0.25) is 9.59 Å². The first kappa shape index (κ1) is 17.5. The summed E-state index contributed by atoms with van der Waals surface area (Å²) in [5, 5.41) is 11.9. The number of carbonyl (C=O) groups is 2. The van der Waals surface area contributed by atoms with Gasteiger partial charge >= 0.3 is 0 Å². The minimum absolute atomic E-state index is 0.211. The van der Waals surface area contributed by atoms with Crippen LogP contribution in [0.25, 0.3) is 0 Å². The predicted octanol–water partition coefficient (Wildman–Crippen LogP) is 2.81. The van der Waals surface area contributed by atoms with E-state index in [4.69, 9.17) is 10.00 Å². The van der Waals surface area contributed by atoms with E-state index in [2.05, 4.69) is 5.32 Å².